The van der Waals surface area contributed by atoms with Gasteiger partial charge in [-0.25, -0.2) is 4.98 Å². The number of hydrogen-bond acceptors (Lipinski definition) is 5. The molecule has 0 saturated carbocycles. The summed E-state index contributed by atoms with van der Waals surface area (Å²) in [4.78, 5) is 31.2. The summed E-state index contributed by atoms with van der Waals surface area (Å²) in [6.07, 6.45) is 1.57. The van der Waals surface area contributed by atoms with Crippen LogP contribution < -0.4 is 4.90 Å². The average molecular weight is 476 g/mol. The predicted octanol–water partition coefficient (Wildman–Crippen LogP) is 5.19. The Morgan fingerprint density at radius 1 is 1.11 bits per heavy atom. The minimum Gasteiger partial charge on any atom is -0.507 e. The molecule has 1 atom stereocenters. The zero-order chi connectivity index (χ0) is 19.8. The van der Waals surface area contributed by atoms with Gasteiger partial charge >= 0.3 is 5.91 Å². The van der Waals surface area contributed by atoms with Crippen molar-refractivity contribution in [1.82, 2.24) is 4.98 Å². The zero-order valence-electron chi connectivity index (χ0n) is 14.2. The first kappa shape index (κ1) is 18.9. The molecule has 1 saturated heterocycles. The van der Waals surface area contributed by atoms with Crippen LogP contribution in [0.5, 0.6) is 0 Å². The lowest BCUT2D eigenvalue weighted by atomic mass is 9.95. The maximum absolute atomic E-state index is 12.9. The molecule has 2 heterocycles. The number of carbonyl (C=O) groups is 2. The first-order valence-electron chi connectivity index (χ1n) is 8.19. The third kappa shape index (κ3) is 3.26. The van der Waals surface area contributed by atoms with Crippen LogP contribution in [0.15, 0.2) is 70.2 Å². The average Bonchev–Trinajstić information content (AvgIpc) is 3.30. The summed E-state index contributed by atoms with van der Waals surface area (Å²) >= 11 is 10.6. The van der Waals surface area contributed by atoms with Crippen molar-refractivity contribution in [3.63, 3.8) is 0 Å². The molecule has 1 aliphatic rings. The van der Waals surface area contributed by atoms with E-state index in [0.717, 1.165) is 4.47 Å². The number of anilines is 1. The maximum Gasteiger partial charge on any atom is 0.301 e. The number of nitrogens with zero attached hydrogens (tertiary/aromatic N) is 2. The Morgan fingerprint density at radius 3 is 2.39 bits per heavy atom. The number of amides is 1. The number of aromatic nitrogens is 1. The molecular formula is C20H12BrClN2O3S. The number of hydrogen-bond donors (Lipinski definition) is 1. The highest BCUT2D eigenvalue weighted by Crippen LogP contribution is 2.42. The number of aliphatic hydroxyl groups is 1. The van der Waals surface area contributed by atoms with Gasteiger partial charge in [-0.3, -0.25) is 14.5 Å². The van der Waals surface area contributed by atoms with E-state index in [9.17, 15) is 14.7 Å². The van der Waals surface area contributed by atoms with Crippen LogP contribution in [0.2, 0.25) is 5.02 Å². The molecule has 8 heteroatoms. The number of ketones is 1. The van der Waals surface area contributed by atoms with Crippen molar-refractivity contribution in [3.8, 4) is 0 Å². The Morgan fingerprint density at radius 2 is 1.79 bits per heavy atom. The van der Waals surface area contributed by atoms with Gasteiger partial charge in [0.05, 0.1) is 11.6 Å². The number of Topliss-reactive ketones (excluding diaryl/α,β-unsaturated/α-hetero) is 1. The Balaban J connectivity index is 1.93. The third-order valence-corrected chi connectivity index (χ3v) is 5.92. The van der Waals surface area contributed by atoms with Gasteiger partial charge in [-0.15, -0.1) is 11.3 Å². The van der Waals surface area contributed by atoms with Crippen molar-refractivity contribution < 1.29 is 14.7 Å². The van der Waals surface area contributed by atoms with Crippen LogP contribution in [-0.2, 0) is 9.59 Å². The second kappa shape index (κ2) is 7.50. The number of halogens is 2. The van der Waals surface area contributed by atoms with Crippen molar-refractivity contribution in [1.29, 1.82) is 0 Å². The first-order valence-corrected chi connectivity index (χ1v) is 10.2. The van der Waals surface area contributed by atoms with Gasteiger partial charge in [0, 0.05) is 26.6 Å². The van der Waals surface area contributed by atoms with Crippen LogP contribution in [0, 0.1) is 0 Å². The Kier molecular flexibility index (Phi) is 5.05. The smallest absolute Gasteiger partial charge is 0.301 e. The van der Waals surface area contributed by atoms with E-state index >= 15 is 0 Å². The molecule has 28 heavy (non-hydrogen) atoms. The molecule has 140 valence electrons. The topological polar surface area (TPSA) is 70.5 Å². The Labute approximate surface area is 178 Å². The minimum atomic E-state index is -0.782. The predicted molar refractivity (Wildman–Crippen MR) is 112 cm³/mol. The van der Waals surface area contributed by atoms with E-state index in [4.69, 9.17) is 11.6 Å². The highest BCUT2D eigenvalue weighted by atomic mass is 79.9. The molecule has 2 aromatic carbocycles. The van der Waals surface area contributed by atoms with Gasteiger partial charge in [0.2, 0.25) is 0 Å². The molecule has 0 spiro atoms. The molecule has 1 fully saturated rings. The number of carbonyl (C=O) groups excluding carboxylic acids is 2. The van der Waals surface area contributed by atoms with Crippen LogP contribution in [-0.4, -0.2) is 21.8 Å². The van der Waals surface area contributed by atoms with E-state index in [0.29, 0.717) is 21.3 Å². The van der Waals surface area contributed by atoms with Gasteiger partial charge < -0.3 is 5.11 Å². The van der Waals surface area contributed by atoms with Crippen molar-refractivity contribution in [2.75, 3.05) is 4.90 Å². The van der Waals surface area contributed by atoms with Gasteiger partial charge in [0.25, 0.3) is 5.78 Å². The number of thiazole rings is 1. The second-order valence-electron chi connectivity index (χ2n) is 6.04. The summed E-state index contributed by atoms with van der Waals surface area (Å²) < 4.78 is 0.861. The number of rotatable bonds is 3. The van der Waals surface area contributed by atoms with Crippen molar-refractivity contribution in [2.45, 2.75) is 6.04 Å². The molecule has 3 aromatic rings. The number of aliphatic hydroxyl groups excluding tert-OH is 1. The molecule has 0 radical (unpaired) electrons. The fourth-order valence-corrected chi connectivity index (χ4v) is 4.15. The van der Waals surface area contributed by atoms with Crippen LogP contribution in [0.3, 0.4) is 0 Å². The van der Waals surface area contributed by atoms with Crippen LogP contribution >= 0.6 is 38.9 Å². The first-order chi connectivity index (χ1) is 13.5. The van der Waals surface area contributed by atoms with E-state index in [1.54, 1.807) is 48.0 Å². The summed E-state index contributed by atoms with van der Waals surface area (Å²) in [7, 11) is 0. The molecule has 0 aliphatic carbocycles. The van der Waals surface area contributed by atoms with Crippen LogP contribution in [0.1, 0.15) is 17.2 Å². The van der Waals surface area contributed by atoms with E-state index in [-0.39, 0.29) is 11.3 Å². The van der Waals surface area contributed by atoms with E-state index in [1.807, 2.05) is 12.1 Å². The molecule has 0 bridgehead atoms. The molecule has 1 aromatic heterocycles. The monoisotopic (exact) mass is 474 g/mol. The fraction of sp³-hybridized carbons (Fsp3) is 0.0500. The molecule has 1 aliphatic heterocycles. The van der Waals surface area contributed by atoms with Gasteiger partial charge in [0.1, 0.15) is 5.76 Å². The lowest BCUT2D eigenvalue weighted by molar-refractivity contribution is -0.132. The van der Waals surface area contributed by atoms with Crippen molar-refractivity contribution >= 4 is 61.4 Å². The molecule has 4 rings (SSSR count). The number of benzene rings is 2. The SMILES string of the molecule is O=C1C(=O)N(c2nccs2)[C@@H](c2ccc(Br)cc2)C1=C(O)c1ccc(Cl)cc1. The van der Waals surface area contributed by atoms with Gasteiger partial charge in [-0.1, -0.05) is 39.7 Å². The molecular weight excluding hydrogens is 464 g/mol. The summed E-state index contributed by atoms with van der Waals surface area (Å²) in [6.45, 7) is 0. The van der Waals surface area contributed by atoms with Gasteiger partial charge in [-0.05, 0) is 42.0 Å². The zero-order valence-corrected chi connectivity index (χ0v) is 17.3. The van der Waals surface area contributed by atoms with Gasteiger partial charge in [0.15, 0.2) is 5.13 Å². The van der Waals surface area contributed by atoms with E-state index in [1.165, 1.54) is 16.2 Å². The second-order valence-corrected chi connectivity index (χ2v) is 8.27. The summed E-state index contributed by atoms with van der Waals surface area (Å²) in [5.74, 6) is -1.73. The molecule has 1 amide bonds. The normalized spacial score (nSPS) is 18.6. The van der Waals surface area contributed by atoms with Crippen molar-refractivity contribution in [3.05, 3.63) is 86.3 Å². The van der Waals surface area contributed by atoms with E-state index < -0.39 is 17.7 Å². The molecule has 0 unspecified atom stereocenters. The van der Waals surface area contributed by atoms with Crippen LogP contribution in [0.25, 0.3) is 5.76 Å². The van der Waals surface area contributed by atoms with Crippen molar-refractivity contribution in [2.24, 2.45) is 0 Å². The van der Waals surface area contributed by atoms with Crippen LogP contribution in [0.4, 0.5) is 5.13 Å². The van der Waals surface area contributed by atoms with E-state index in [2.05, 4.69) is 20.9 Å². The summed E-state index contributed by atoms with van der Waals surface area (Å²) in [5, 5.41) is 13.5. The fourth-order valence-electron chi connectivity index (χ4n) is 3.09. The largest absolute Gasteiger partial charge is 0.507 e. The lowest BCUT2D eigenvalue weighted by Crippen LogP contribution is -2.29. The minimum absolute atomic E-state index is 0.0184. The highest BCUT2D eigenvalue weighted by molar-refractivity contribution is 9.10. The third-order valence-electron chi connectivity index (χ3n) is 4.37. The maximum atomic E-state index is 12.9. The molecule has 1 N–H and O–H groups in total. The summed E-state index contributed by atoms with van der Waals surface area (Å²) in [6, 6.07) is 12.9. The standard InChI is InChI=1S/C20H12BrClN2O3S/c21-13-5-1-11(2-6-13)16-15(17(25)12-3-7-14(22)8-4-12)18(26)19(27)24(16)20-23-9-10-28-20/h1-10,16,25H/t16-/m0/s1. The van der Waals surface area contributed by atoms with Gasteiger partial charge in [-0.2, -0.15) is 0 Å². The Hall–Kier alpha value is -2.48. The summed E-state index contributed by atoms with van der Waals surface area (Å²) in [5.41, 5.74) is 1.11. The quantitative estimate of drug-likeness (QED) is 0.322. The lowest BCUT2D eigenvalue weighted by Gasteiger charge is -2.23. The highest BCUT2D eigenvalue weighted by Gasteiger charge is 2.47. The Bertz CT molecular complexity index is 1080. The molecule has 5 nitrogen and oxygen atoms in total.